The Morgan fingerprint density at radius 1 is 1.32 bits per heavy atom. The lowest BCUT2D eigenvalue weighted by Gasteiger charge is -2.21. The molecule has 0 unspecified atom stereocenters. The van der Waals surface area contributed by atoms with Gasteiger partial charge in [0.15, 0.2) is 5.78 Å². The molecule has 92 valence electrons. The van der Waals surface area contributed by atoms with Crippen molar-refractivity contribution >= 4 is 25.2 Å². The average Bonchev–Trinajstić information content (AvgIpc) is 2.40. The molecule has 0 heterocycles. The minimum absolute atomic E-state index is 0.0541. The number of allylic oxidation sites excluding steroid dienone is 4. The fourth-order valence-electron chi connectivity index (χ4n) is 1.94. The summed E-state index contributed by atoms with van der Waals surface area (Å²) >= 11 is 0. The lowest BCUT2D eigenvalue weighted by Crippen LogP contribution is -2.15. The van der Waals surface area contributed by atoms with E-state index in [1.165, 1.54) is 13.0 Å². The Bertz CT molecular complexity index is 666. The molecule has 0 aromatic heterocycles. The van der Waals surface area contributed by atoms with Gasteiger partial charge in [-0.1, -0.05) is 36.3 Å². The third-order valence-electron chi connectivity index (χ3n) is 3.05. The zero-order chi connectivity index (χ0) is 14.2. The second kappa shape index (κ2) is 4.73. The van der Waals surface area contributed by atoms with Gasteiger partial charge in [-0.05, 0) is 24.1 Å². The molecule has 0 atom stereocenters. The van der Waals surface area contributed by atoms with E-state index in [2.05, 4.69) is 6.58 Å². The van der Waals surface area contributed by atoms with Gasteiger partial charge in [-0.15, -0.1) is 0 Å². The van der Waals surface area contributed by atoms with E-state index >= 15 is 0 Å². The van der Waals surface area contributed by atoms with Gasteiger partial charge in [0.05, 0.1) is 0 Å². The highest BCUT2D eigenvalue weighted by Gasteiger charge is 2.24. The Balaban J connectivity index is 2.61. The van der Waals surface area contributed by atoms with Crippen molar-refractivity contribution in [3.63, 3.8) is 0 Å². The molecule has 0 fully saturated rings. The van der Waals surface area contributed by atoms with Crippen LogP contribution in [0.5, 0.6) is 0 Å². The van der Waals surface area contributed by atoms with Gasteiger partial charge < -0.3 is 5.11 Å². The molecule has 0 aliphatic heterocycles. The van der Waals surface area contributed by atoms with Gasteiger partial charge in [0.25, 0.3) is 0 Å². The standard InChI is InChI=1S/C15H11BO3/c1-8(15(18)19)7-12-13(16)9(2)10-5-3-4-6-11(10)14(12)17/h3-7H,2H2,1H3,(H,18,19)/b8-7+. The van der Waals surface area contributed by atoms with Gasteiger partial charge in [0, 0.05) is 16.7 Å². The molecule has 1 aliphatic rings. The van der Waals surface area contributed by atoms with E-state index in [1.807, 2.05) is 0 Å². The molecule has 0 amide bonds. The average molecular weight is 250 g/mol. The summed E-state index contributed by atoms with van der Waals surface area (Å²) in [6.45, 7) is 5.28. The van der Waals surface area contributed by atoms with E-state index in [0.717, 1.165) is 0 Å². The van der Waals surface area contributed by atoms with Crippen LogP contribution in [0.15, 0.2) is 53.5 Å². The summed E-state index contributed by atoms with van der Waals surface area (Å²) in [5, 5.41) is 8.88. The van der Waals surface area contributed by atoms with Crippen molar-refractivity contribution in [1.82, 2.24) is 0 Å². The van der Waals surface area contributed by atoms with E-state index in [1.54, 1.807) is 24.3 Å². The van der Waals surface area contributed by atoms with Gasteiger partial charge in [0.1, 0.15) is 7.85 Å². The van der Waals surface area contributed by atoms with Crippen LogP contribution in [0.2, 0.25) is 0 Å². The third kappa shape index (κ3) is 2.17. The second-order valence-corrected chi connectivity index (χ2v) is 4.31. The number of fused-ring (bicyclic) bond motifs is 1. The van der Waals surface area contributed by atoms with E-state index in [0.29, 0.717) is 16.7 Å². The lowest BCUT2D eigenvalue weighted by atomic mass is 9.73. The number of carboxylic acids is 1. The number of carbonyl (C=O) groups excluding carboxylic acids is 1. The summed E-state index contributed by atoms with van der Waals surface area (Å²) in [5.74, 6) is -1.36. The Labute approximate surface area is 112 Å². The monoisotopic (exact) mass is 250 g/mol. The molecular formula is C15H11BO3. The van der Waals surface area contributed by atoms with Crippen molar-refractivity contribution in [1.29, 1.82) is 0 Å². The first-order valence-corrected chi connectivity index (χ1v) is 5.68. The normalized spacial score (nSPS) is 15.5. The predicted octanol–water partition coefficient (Wildman–Crippen LogP) is 2.35. The number of Topliss-reactive ketones (excluding diaryl/α,β-unsaturated/α-hetero) is 1. The molecule has 19 heavy (non-hydrogen) atoms. The van der Waals surface area contributed by atoms with Crippen molar-refractivity contribution in [2.75, 3.05) is 0 Å². The number of hydrogen-bond acceptors (Lipinski definition) is 2. The van der Waals surface area contributed by atoms with E-state index in [9.17, 15) is 9.59 Å². The molecule has 2 radical (unpaired) electrons. The topological polar surface area (TPSA) is 54.4 Å². The SMILES string of the molecule is [B]C1=C(/C=C(\C)C(=O)O)C(=O)c2ccccc2C1=C. The van der Waals surface area contributed by atoms with Crippen molar-refractivity contribution < 1.29 is 14.7 Å². The molecule has 1 N–H and O–H groups in total. The maximum atomic E-state index is 12.3. The van der Waals surface area contributed by atoms with Crippen LogP contribution in [0.1, 0.15) is 22.8 Å². The van der Waals surface area contributed by atoms with Gasteiger partial charge >= 0.3 is 5.97 Å². The summed E-state index contributed by atoms with van der Waals surface area (Å²) in [7, 11) is 5.90. The zero-order valence-corrected chi connectivity index (χ0v) is 10.4. The number of rotatable bonds is 2. The minimum Gasteiger partial charge on any atom is -0.478 e. The zero-order valence-electron chi connectivity index (χ0n) is 10.4. The summed E-state index contributed by atoms with van der Waals surface area (Å²) < 4.78 is 0. The maximum absolute atomic E-state index is 12.3. The van der Waals surface area contributed by atoms with E-state index in [4.69, 9.17) is 13.0 Å². The Morgan fingerprint density at radius 2 is 1.89 bits per heavy atom. The van der Waals surface area contributed by atoms with E-state index < -0.39 is 5.97 Å². The van der Waals surface area contributed by atoms with Crippen molar-refractivity contribution in [2.24, 2.45) is 0 Å². The molecule has 1 aromatic carbocycles. The highest BCUT2D eigenvalue weighted by atomic mass is 16.4. The summed E-state index contributed by atoms with van der Waals surface area (Å²) in [4.78, 5) is 23.2. The Hall–Kier alpha value is -2.36. The van der Waals surface area contributed by atoms with Crippen LogP contribution in [0, 0.1) is 0 Å². The van der Waals surface area contributed by atoms with Gasteiger partial charge in [-0.3, -0.25) is 4.79 Å². The quantitative estimate of drug-likeness (QED) is 0.647. The van der Waals surface area contributed by atoms with Gasteiger partial charge in [-0.2, -0.15) is 0 Å². The van der Waals surface area contributed by atoms with Crippen LogP contribution in [-0.4, -0.2) is 24.7 Å². The van der Waals surface area contributed by atoms with Crippen molar-refractivity contribution in [3.05, 3.63) is 64.7 Å². The Kier molecular flexibility index (Phi) is 3.26. The number of carboxylic acid groups (broad SMARTS) is 1. The molecule has 1 aliphatic carbocycles. The number of aliphatic carboxylic acids is 1. The molecule has 4 heteroatoms. The molecule has 0 saturated heterocycles. The smallest absolute Gasteiger partial charge is 0.331 e. The van der Waals surface area contributed by atoms with Crippen molar-refractivity contribution in [2.45, 2.75) is 6.92 Å². The van der Waals surface area contributed by atoms with Gasteiger partial charge in [0.2, 0.25) is 0 Å². The number of ketones is 1. The van der Waals surface area contributed by atoms with Crippen LogP contribution >= 0.6 is 0 Å². The summed E-state index contributed by atoms with van der Waals surface area (Å²) in [6.07, 6.45) is 1.29. The first-order chi connectivity index (χ1) is 8.93. The summed E-state index contributed by atoms with van der Waals surface area (Å²) in [6, 6.07) is 7.00. The van der Waals surface area contributed by atoms with Crippen LogP contribution < -0.4 is 0 Å². The number of benzene rings is 1. The van der Waals surface area contributed by atoms with Crippen LogP contribution in [0.4, 0.5) is 0 Å². The first kappa shape index (κ1) is 13.1. The number of carbonyl (C=O) groups is 2. The number of hydrogen-bond donors (Lipinski definition) is 1. The third-order valence-corrected chi connectivity index (χ3v) is 3.05. The van der Waals surface area contributed by atoms with Crippen LogP contribution in [0.3, 0.4) is 0 Å². The van der Waals surface area contributed by atoms with Crippen molar-refractivity contribution in [3.8, 4) is 0 Å². The lowest BCUT2D eigenvalue weighted by molar-refractivity contribution is -0.132. The Morgan fingerprint density at radius 3 is 2.47 bits per heavy atom. The largest absolute Gasteiger partial charge is 0.478 e. The van der Waals surface area contributed by atoms with Crippen LogP contribution in [0.25, 0.3) is 5.57 Å². The second-order valence-electron chi connectivity index (χ2n) is 4.31. The summed E-state index contributed by atoms with van der Waals surface area (Å²) in [5.41, 5.74) is 2.19. The molecule has 0 spiro atoms. The van der Waals surface area contributed by atoms with E-state index in [-0.39, 0.29) is 22.4 Å². The van der Waals surface area contributed by atoms with Gasteiger partial charge in [-0.25, -0.2) is 4.79 Å². The maximum Gasteiger partial charge on any atom is 0.331 e. The molecule has 1 aromatic rings. The fraction of sp³-hybridized carbons (Fsp3) is 0.0667. The highest BCUT2D eigenvalue weighted by molar-refractivity contribution is 6.37. The van der Waals surface area contributed by atoms with Crippen LogP contribution in [-0.2, 0) is 4.79 Å². The minimum atomic E-state index is -1.09. The molecule has 3 nitrogen and oxygen atoms in total. The molecule has 0 saturated carbocycles. The molecular weight excluding hydrogens is 239 g/mol. The fourth-order valence-corrected chi connectivity index (χ4v) is 1.94. The molecule has 2 rings (SSSR count). The first-order valence-electron chi connectivity index (χ1n) is 5.68. The highest BCUT2D eigenvalue weighted by Crippen LogP contribution is 2.33. The predicted molar refractivity (Wildman–Crippen MR) is 74.0 cm³/mol. The molecule has 0 bridgehead atoms.